The number of hydrogen-bond acceptors (Lipinski definition) is 2. The molecule has 5 heteroatoms. The van der Waals surface area contributed by atoms with Crippen molar-refractivity contribution in [1.29, 1.82) is 0 Å². The third kappa shape index (κ3) is 3.36. The maximum Gasteiger partial charge on any atom is 0.255 e. The van der Waals surface area contributed by atoms with Crippen LogP contribution in [0.1, 0.15) is 15.9 Å². The average molecular weight is 340 g/mol. The average Bonchev–Trinajstić information content (AvgIpc) is 2.37. The lowest BCUT2D eigenvalue weighted by molar-refractivity contribution is 0.102. The van der Waals surface area contributed by atoms with E-state index in [0.717, 1.165) is 10.0 Å². The lowest BCUT2D eigenvalue weighted by Gasteiger charge is -2.09. The summed E-state index contributed by atoms with van der Waals surface area (Å²) in [6, 6.07) is 9.70. The zero-order chi connectivity index (χ0) is 14.0. The monoisotopic (exact) mass is 339 g/mol. The van der Waals surface area contributed by atoms with Crippen LogP contribution in [0.5, 0.6) is 0 Å². The molecule has 2 rings (SSSR count). The third-order valence-corrected chi connectivity index (χ3v) is 3.61. The minimum Gasteiger partial charge on any atom is -0.321 e. The molecule has 2 aromatic rings. The van der Waals surface area contributed by atoms with Gasteiger partial charge in [0.1, 0.15) is 5.82 Å². The normalized spacial score (nSPS) is 10.3. The van der Waals surface area contributed by atoms with Crippen molar-refractivity contribution in [2.45, 2.75) is 11.8 Å². The predicted octanol–water partition coefficient (Wildman–Crippen LogP) is 4.44. The van der Waals surface area contributed by atoms with E-state index in [2.05, 4.69) is 33.9 Å². The Morgan fingerprint density at radius 1 is 1.26 bits per heavy atom. The van der Waals surface area contributed by atoms with Gasteiger partial charge in [0.25, 0.3) is 5.91 Å². The van der Waals surface area contributed by atoms with E-state index in [-0.39, 0.29) is 10.8 Å². The SMILES string of the molecule is Cc1ccc(Br)c(NC(=O)c2ccc(F)c(S)c2)c1. The van der Waals surface area contributed by atoms with Gasteiger partial charge in [-0.3, -0.25) is 4.79 Å². The molecule has 0 saturated heterocycles. The number of thiol groups is 1. The van der Waals surface area contributed by atoms with Crippen LogP contribution in [0.25, 0.3) is 0 Å². The Labute approximate surface area is 124 Å². The van der Waals surface area contributed by atoms with Gasteiger partial charge in [-0.1, -0.05) is 6.07 Å². The van der Waals surface area contributed by atoms with Gasteiger partial charge in [0.05, 0.1) is 5.69 Å². The van der Waals surface area contributed by atoms with E-state index < -0.39 is 5.82 Å². The first-order chi connectivity index (χ1) is 8.97. The summed E-state index contributed by atoms with van der Waals surface area (Å²) in [5.74, 6) is -0.752. The van der Waals surface area contributed by atoms with Gasteiger partial charge in [-0.2, -0.15) is 0 Å². The summed E-state index contributed by atoms with van der Waals surface area (Å²) < 4.78 is 13.9. The summed E-state index contributed by atoms with van der Waals surface area (Å²) in [6.45, 7) is 1.94. The van der Waals surface area contributed by atoms with E-state index in [1.54, 1.807) is 0 Å². The lowest BCUT2D eigenvalue weighted by Crippen LogP contribution is -2.12. The quantitative estimate of drug-likeness (QED) is 0.778. The minimum atomic E-state index is -0.448. The van der Waals surface area contributed by atoms with Crippen molar-refractivity contribution in [1.82, 2.24) is 0 Å². The first kappa shape index (κ1) is 14.1. The Kier molecular flexibility index (Phi) is 4.27. The summed E-state index contributed by atoms with van der Waals surface area (Å²) in [5.41, 5.74) is 2.07. The van der Waals surface area contributed by atoms with Crippen LogP contribution in [0.4, 0.5) is 10.1 Å². The Balaban J connectivity index is 2.25. The van der Waals surface area contributed by atoms with E-state index >= 15 is 0 Å². The fourth-order valence-corrected chi connectivity index (χ4v) is 2.14. The molecule has 0 aliphatic heterocycles. The number of anilines is 1. The number of carbonyl (C=O) groups is 1. The largest absolute Gasteiger partial charge is 0.321 e. The maximum atomic E-state index is 13.1. The van der Waals surface area contributed by atoms with E-state index in [4.69, 9.17) is 0 Å². The molecule has 0 aliphatic rings. The number of benzene rings is 2. The molecule has 1 amide bonds. The molecular formula is C14H11BrFNOS. The maximum absolute atomic E-state index is 13.1. The molecule has 0 saturated carbocycles. The van der Waals surface area contributed by atoms with Gasteiger partial charge in [0.15, 0.2) is 0 Å². The van der Waals surface area contributed by atoms with Gasteiger partial charge >= 0.3 is 0 Å². The van der Waals surface area contributed by atoms with E-state index in [1.165, 1.54) is 18.2 Å². The molecule has 0 spiro atoms. The van der Waals surface area contributed by atoms with Gasteiger partial charge in [0.2, 0.25) is 0 Å². The van der Waals surface area contributed by atoms with Crippen LogP contribution in [0.15, 0.2) is 45.8 Å². The van der Waals surface area contributed by atoms with E-state index in [9.17, 15) is 9.18 Å². The number of rotatable bonds is 2. The van der Waals surface area contributed by atoms with Gasteiger partial charge in [-0.05, 0) is 58.7 Å². The number of halogens is 2. The van der Waals surface area contributed by atoms with Gasteiger partial charge < -0.3 is 5.32 Å². The Morgan fingerprint density at radius 3 is 2.68 bits per heavy atom. The first-order valence-corrected chi connectivity index (χ1v) is 6.77. The van der Waals surface area contributed by atoms with Crippen LogP contribution in [-0.4, -0.2) is 5.91 Å². The summed E-state index contributed by atoms with van der Waals surface area (Å²) >= 11 is 7.33. The van der Waals surface area contributed by atoms with Crippen LogP contribution in [0, 0.1) is 12.7 Å². The smallest absolute Gasteiger partial charge is 0.255 e. The van der Waals surface area contributed by atoms with Crippen LogP contribution >= 0.6 is 28.6 Å². The number of hydrogen-bond donors (Lipinski definition) is 2. The fraction of sp³-hybridized carbons (Fsp3) is 0.0714. The Hall–Kier alpha value is -1.33. The molecule has 2 nitrogen and oxygen atoms in total. The fourth-order valence-electron chi connectivity index (χ4n) is 1.58. The second kappa shape index (κ2) is 5.75. The summed E-state index contributed by atoms with van der Waals surface area (Å²) in [7, 11) is 0. The van der Waals surface area contributed by atoms with Gasteiger partial charge in [-0.15, -0.1) is 12.6 Å². The van der Waals surface area contributed by atoms with Crippen LogP contribution < -0.4 is 5.32 Å². The van der Waals surface area contributed by atoms with Crippen molar-refractivity contribution in [3.63, 3.8) is 0 Å². The highest BCUT2D eigenvalue weighted by molar-refractivity contribution is 9.10. The Bertz CT molecular complexity index is 645. The molecule has 0 heterocycles. The second-order valence-electron chi connectivity index (χ2n) is 4.10. The minimum absolute atomic E-state index is 0.149. The third-order valence-electron chi connectivity index (χ3n) is 2.58. The molecule has 0 unspecified atom stereocenters. The molecule has 1 N–H and O–H groups in total. The second-order valence-corrected chi connectivity index (χ2v) is 5.44. The number of carbonyl (C=O) groups excluding carboxylic acids is 1. The molecule has 0 fully saturated rings. The molecule has 98 valence electrons. The summed E-state index contributed by atoms with van der Waals surface area (Å²) in [5, 5.41) is 2.77. The molecule has 0 aliphatic carbocycles. The van der Waals surface area contributed by atoms with Crippen molar-refractivity contribution in [2.75, 3.05) is 5.32 Å². The topological polar surface area (TPSA) is 29.1 Å². The molecule has 0 bridgehead atoms. The molecule has 0 aromatic heterocycles. The van der Waals surface area contributed by atoms with Crippen LogP contribution in [0.2, 0.25) is 0 Å². The number of nitrogens with one attached hydrogen (secondary N) is 1. The lowest BCUT2D eigenvalue weighted by atomic mass is 10.2. The Morgan fingerprint density at radius 2 is 2.00 bits per heavy atom. The summed E-state index contributed by atoms with van der Waals surface area (Å²) in [6.07, 6.45) is 0. The van der Waals surface area contributed by atoms with Crippen molar-refractivity contribution >= 4 is 40.2 Å². The molecule has 19 heavy (non-hydrogen) atoms. The highest BCUT2D eigenvalue weighted by Crippen LogP contribution is 2.24. The highest BCUT2D eigenvalue weighted by atomic mass is 79.9. The predicted molar refractivity (Wildman–Crippen MR) is 80.5 cm³/mol. The zero-order valence-electron chi connectivity index (χ0n) is 10.1. The van der Waals surface area contributed by atoms with Gasteiger partial charge in [0, 0.05) is 14.9 Å². The van der Waals surface area contributed by atoms with E-state index in [1.807, 2.05) is 25.1 Å². The van der Waals surface area contributed by atoms with Crippen molar-refractivity contribution < 1.29 is 9.18 Å². The molecule has 2 aromatic carbocycles. The number of aryl methyl sites for hydroxylation is 1. The highest BCUT2D eigenvalue weighted by Gasteiger charge is 2.10. The standard InChI is InChI=1S/C14H11BrFNOS/c1-8-2-4-10(15)12(6-8)17-14(18)9-3-5-11(16)13(19)7-9/h2-7,19H,1H3,(H,17,18). The van der Waals surface area contributed by atoms with Crippen molar-refractivity contribution in [2.24, 2.45) is 0 Å². The summed E-state index contributed by atoms with van der Waals surface area (Å²) in [4.78, 5) is 12.2. The van der Waals surface area contributed by atoms with E-state index in [0.29, 0.717) is 11.3 Å². The van der Waals surface area contributed by atoms with Crippen LogP contribution in [-0.2, 0) is 0 Å². The van der Waals surface area contributed by atoms with Crippen LogP contribution in [0.3, 0.4) is 0 Å². The first-order valence-electron chi connectivity index (χ1n) is 5.53. The number of amides is 1. The van der Waals surface area contributed by atoms with Crippen molar-refractivity contribution in [3.8, 4) is 0 Å². The van der Waals surface area contributed by atoms with Crippen molar-refractivity contribution in [3.05, 3.63) is 57.8 Å². The molecular weight excluding hydrogens is 329 g/mol. The zero-order valence-corrected chi connectivity index (χ0v) is 12.6. The molecule has 0 radical (unpaired) electrons. The van der Waals surface area contributed by atoms with Gasteiger partial charge in [-0.25, -0.2) is 4.39 Å². The molecule has 0 atom stereocenters.